The van der Waals surface area contributed by atoms with E-state index in [9.17, 15) is 4.79 Å². The molecule has 0 saturated carbocycles. The van der Waals surface area contributed by atoms with Crippen LogP contribution in [0, 0.1) is 0 Å². The number of carboxylic acids is 1. The quantitative estimate of drug-likeness (QED) is 0.0631. The summed E-state index contributed by atoms with van der Waals surface area (Å²) in [7, 11) is 0. The molecule has 0 aromatic rings. The molecule has 0 aliphatic heterocycles. The maximum Gasteiger partial charge on any atom is 0.303 e. The van der Waals surface area contributed by atoms with E-state index in [1.54, 1.807) is 0 Å². The van der Waals surface area contributed by atoms with Gasteiger partial charge in [-0.3, -0.25) is 4.79 Å². The van der Waals surface area contributed by atoms with Gasteiger partial charge in [0.25, 0.3) is 0 Å². The van der Waals surface area contributed by atoms with Gasteiger partial charge < -0.3 is 10.2 Å². The molecule has 0 aliphatic carbocycles. The molecule has 0 rings (SSSR count). The Morgan fingerprint density at radius 2 is 0.848 bits per heavy atom. The third-order valence-corrected chi connectivity index (χ3v) is 5.44. The monoisotopic (exact) mass is 468 g/mol. The fraction of sp³-hybridized carbons (Fsp3) is 0.958. The summed E-state index contributed by atoms with van der Waals surface area (Å²) >= 11 is 0. The van der Waals surface area contributed by atoms with Crippen LogP contribution in [-0.4, -0.2) is 35.9 Å². The number of carboxylic acid groups (broad SMARTS) is 1. The predicted molar refractivity (Wildman–Crippen MR) is 135 cm³/mol. The van der Waals surface area contributed by atoms with Gasteiger partial charge in [0.1, 0.15) is 0 Å². The van der Waals surface area contributed by atoms with Gasteiger partial charge >= 0.3 is 5.97 Å². The molecule has 0 aliphatic rings. The molecule has 0 heterocycles. The van der Waals surface area contributed by atoms with Crippen LogP contribution < -0.4 is 0 Å². The topological polar surface area (TPSA) is 155 Å². The van der Waals surface area contributed by atoms with Crippen molar-refractivity contribution >= 4 is 5.97 Å². The molecule has 192 valence electrons. The van der Waals surface area contributed by atoms with Crippen molar-refractivity contribution in [2.24, 2.45) is 10.2 Å². The Kier molecular flexibility index (Phi) is 32.5. The fourth-order valence-electron chi connectivity index (χ4n) is 3.49. The highest BCUT2D eigenvalue weighted by molar-refractivity contribution is 5.66. The minimum absolute atomic E-state index is 0.305. The van der Waals surface area contributed by atoms with E-state index in [0.717, 1.165) is 44.9 Å². The molecular weight excluding hydrogens is 420 g/mol. The highest BCUT2D eigenvalue weighted by Gasteiger charge is 1.96. The van der Waals surface area contributed by atoms with Crippen LogP contribution in [-0.2, 0) is 4.79 Å². The van der Waals surface area contributed by atoms with Crippen molar-refractivity contribution in [1.82, 2.24) is 0 Å². The van der Waals surface area contributed by atoms with Crippen LogP contribution >= 0.6 is 0 Å². The first-order chi connectivity index (χ1) is 16.2. The van der Waals surface area contributed by atoms with Crippen LogP contribution in [0.1, 0.15) is 128 Å². The van der Waals surface area contributed by atoms with Crippen LogP contribution in [0.25, 0.3) is 20.9 Å². The van der Waals surface area contributed by atoms with E-state index in [1.807, 2.05) is 0 Å². The Hall–Kier alpha value is -1.95. The molecule has 0 saturated heterocycles. The summed E-state index contributed by atoms with van der Waals surface area (Å²) in [5.74, 6) is -0.690. The number of hydrogen-bond acceptors (Lipinski definition) is 4. The largest absolute Gasteiger partial charge is 0.481 e. The highest BCUT2D eigenvalue weighted by atomic mass is 16.4. The normalized spacial score (nSPS) is 9.97. The van der Waals surface area contributed by atoms with Crippen LogP contribution in [0.3, 0.4) is 0 Å². The zero-order valence-electron chi connectivity index (χ0n) is 20.7. The van der Waals surface area contributed by atoms with Crippen LogP contribution in [0.2, 0.25) is 0 Å². The second-order valence-electron chi connectivity index (χ2n) is 8.49. The molecule has 0 aromatic carbocycles. The van der Waals surface area contributed by atoms with E-state index in [4.69, 9.17) is 21.3 Å². The van der Waals surface area contributed by atoms with Gasteiger partial charge in [0, 0.05) is 35.9 Å². The van der Waals surface area contributed by atoms with Gasteiger partial charge in [0.15, 0.2) is 0 Å². The maximum atomic E-state index is 10.3. The second kappa shape index (κ2) is 32.2. The van der Waals surface area contributed by atoms with Crippen molar-refractivity contribution in [2.75, 3.05) is 19.7 Å². The molecule has 0 spiro atoms. The number of carbonyl (C=O) groups is 1. The Bertz CT molecular complexity index is 496. The Morgan fingerprint density at radius 1 is 0.545 bits per heavy atom. The lowest BCUT2D eigenvalue weighted by atomic mass is 10.1. The van der Waals surface area contributed by atoms with Crippen molar-refractivity contribution in [3.8, 4) is 0 Å². The van der Waals surface area contributed by atoms with Gasteiger partial charge in [-0.1, -0.05) is 107 Å². The van der Waals surface area contributed by atoms with Gasteiger partial charge in [-0.2, -0.15) is 0 Å². The van der Waals surface area contributed by atoms with E-state index in [0.29, 0.717) is 26.1 Å². The smallest absolute Gasteiger partial charge is 0.303 e. The molecule has 2 N–H and O–H groups in total. The number of nitrogens with zero attached hydrogens (tertiary/aromatic N) is 6. The SMILES string of the molecule is [N-]=[N+]=NCCCCCCCCCCCC(=O)O.[N-]=[N+]=NCCCCCCCCCCCCO. The first kappa shape index (κ1) is 33.2. The molecule has 0 amide bonds. The van der Waals surface area contributed by atoms with E-state index in [-0.39, 0.29) is 0 Å². The predicted octanol–water partition coefficient (Wildman–Crippen LogP) is 8.47. The number of azide groups is 2. The first-order valence-corrected chi connectivity index (χ1v) is 13.0. The standard InChI is InChI=1S/C12H23N3O2.C12H25N3O/c13-15-14-11-9-7-5-3-1-2-4-6-8-10-12(16)17;13-15-14-11-9-7-5-3-1-2-4-6-8-10-12-16/h1-11H2,(H,16,17);16H,1-12H2. The lowest BCUT2D eigenvalue weighted by molar-refractivity contribution is -0.137. The molecular formula is C24H48N6O3. The summed E-state index contributed by atoms with van der Waals surface area (Å²) in [6.45, 7) is 1.61. The van der Waals surface area contributed by atoms with E-state index in [2.05, 4.69) is 20.1 Å². The minimum Gasteiger partial charge on any atom is -0.481 e. The minimum atomic E-state index is -0.690. The average molecular weight is 469 g/mol. The molecule has 9 nitrogen and oxygen atoms in total. The van der Waals surface area contributed by atoms with Crippen molar-refractivity contribution in [3.05, 3.63) is 20.9 Å². The summed E-state index contributed by atoms with van der Waals surface area (Å²) in [6.07, 6.45) is 22.4. The molecule has 0 aromatic heterocycles. The van der Waals surface area contributed by atoms with E-state index >= 15 is 0 Å². The molecule has 33 heavy (non-hydrogen) atoms. The number of aliphatic hydroxyl groups is 1. The third kappa shape index (κ3) is 37.7. The molecule has 0 unspecified atom stereocenters. The van der Waals surface area contributed by atoms with Crippen molar-refractivity contribution in [2.45, 2.75) is 128 Å². The van der Waals surface area contributed by atoms with Crippen LogP contribution in [0.4, 0.5) is 0 Å². The first-order valence-electron chi connectivity index (χ1n) is 13.0. The lowest BCUT2D eigenvalue weighted by Gasteiger charge is -2.01. The summed E-state index contributed by atoms with van der Waals surface area (Å²) in [5.41, 5.74) is 16.1. The zero-order chi connectivity index (χ0) is 24.7. The molecule has 0 bridgehead atoms. The summed E-state index contributed by atoms with van der Waals surface area (Å²) in [4.78, 5) is 15.7. The average Bonchev–Trinajstić information content (AvgIpc) is 2.81. The molecule has 0 radical (unpaired) electrons. The zero-order valence-corrected chi connectivity index (χ0v) is 20.7. The van der Waals surface area contributed by atoms with E-state index in [1.165, 1.54) is 77.0 Å². The Labute approximate surface area is 200 Å². The third-order valence-electron chi connectivity index (χ3n) is 5.44. The highest BCUT2D eigenvalue weighted by Crippen LogP contribution is 2.11. The van der Waals surface area contributed by atoms with Gasteiger partial charge in [-0.15, -0.1) is 0 Å². The summed E-state index contributed by atoms with van der Waals surface area (Å²) in [5, 5.41) is 24.0. The van der Waals surface area contributed by atoms with Crippen molar-refractivity contribution < 1.29 is 15.0 Å². The van der Waals surface area contributed by atoms with Crippen LogP contribution in [0.5, 0.6) is 0 Å². The lowest BCUT2D eigenvalue weighted by Crippen LogP contribution is -1.93. The van der Waals surface area contributed by atoms with E-state index < -0.39 is 5.97 Å². The molecule has 9 heteroatoms. The number of hydrogen-bond donors (Lipinski definition) is 2. The number of aliphatic carboxylic acids is 1. The number of rotatable bonds is 24. The summed E-state index contributed by atoms with van der Waals surface area (Å²) < 4.78 is 0. The number of aliphatic hydroxyl groups excluding tert-OH is 1. The van der Waals surface area contributed by atoms with Gasteiger partial charge in [0.2, 0.25) is 0 Å². The summed E-state index contributed by atoms with van der Waals surface area (Å²) in [6, 6.07) is 0. The van der Waals surface area contributed by atoms with Crippen molar-refractivity contribution in [3.63, 3.8) is 0 Å². The van der Waals surface area contributed by atoms with Gasteiger partial charge in [0.05, 0.1) is 0 Å². The van der Waals surface area contributed by atoms with Gasteiger partial charge in [-0.05, 0) is 36.7 Å². The number of unbranched alkanes of at least 4 members (excludes halogenated alkanes) is 17. The maximum absolute atomic E-state index is 10.3. The van der Waals surface area contributed by atoms with Gasteiger partial charge in [-0.25, -0.2) is 0 Å². The van der Waals surface area contributed by atoms with Crippen LogP contribution in [0.15, 0.2) is 10.2 Å². The molecule has 0 atom stereocenters. The Morgan fingerprint density at radius 3 is 1.15 bits per heavy atom. The Balaban J connectivity index is 0. The fourth-order valence-corrected chi connectivity index (χ4v) is 3.49. The second-order valence-corrected chi connectivity index (χ2v) is 8.49. The van der Waals surface area contributed by atoms with Crippen molar-refractivity contribution in [1.29, 1.82) is 0 Å². The molecule has 0 fully saturated rings.